The zero-order valence-electron chi connectivity index (χ0n) is 65.7. The van der Waals surface area contributed by atoms with Crippen LogP contribution in [0, 0.1) is 0 Å². The monoisotopic (exact) mass is 1500 g/mol. The molecule has 0 rings (SSSR count). The van der Waals surface area contributed by atoms with Gasteiger partial charge in [0.2, 0.25) is 0 Å². The fourth-order valence-electron chi connectivity index (χ4n) is 11.0. The average Bonchev–Trinajstić information content (AvgIpc) is 0.918. The number of aliphatic hydroxyl groups excluding tert-OH is 1. The van der Waals surface area contributed by atoms with Gasteiger partial charge in [0.05, 0.1) is 26.4 Å². The molecule has 0 aliphatic heterocycles. The Labute approximate surface area is 632 Å². The van der Waals surface area contributed by atoms with Crippen molar-refractivity contribution in [3.05, 3.63) is 109 Å². The third kappa shape index (κ3) is 75.9. The third-order valence-corrected chi connectivity index (χ3v) is 19.1. The van der Waals surface area contributed by atoms with E-state index in [2.05, 4.69) is 125 Å². The molecule has 600 valence electrons. The van der Waals surface area contributed by atoms with Crippen molar-refractivity contribution in [3.63, 3.8) is 0 Å². The molecule has 0 saturated carbocycles. The van der Waals surface area contributed by atoms with Gasteiger partial charge in [-0.25, -0.2) is 9.13 Å². The van der Waals surface area contributed by atoms with E-state index in [0.29, 0.717) is 32.1 Å². The fourth-order valence-corrected chi connectivity index (χ4v) is 12.5. The minimum Gasteiger partial charge on any atom is -0.462 e. The SMILES string of the molecule is CC/C=C\C/C=C\C/C=C\C/C=C\C/C=C\CCCC(=O)OCC(COP(=O)(O)OCC(O)COP(=O)(O)OCC(COC(=O)CCCCCCCC/C=C\C/C=C\C/C=C\CCCCC)OC(=O)CCCCCCC/C=C\CCCCCCCC)OC(=O)CCCCCCCCCCCCCCC. The first kappa shape index (κ1) is 99.7. The van der Waals surface area contributed by atoms with Gasteiger partial charge in [0.1, 0.15) is 19.3 Å². The van der Waals surface area contributed by atoms with E-state index in [-0.39, 0.29) is 25.7 Å². The predicted molar refractivity (Wildman–Crippen MR) is 427 cm³/mol. The van der Waals surface area contributed by atoms with Crippen molar-refractivity contribution in [2.75, 3.05) is 39.6 Å². The first-order valence-corrected chi connectivity index (χ1v) is 44.1. The summed E-state index contributed by atoms with van der Waals surface area (Å²) in [4.78, 5) is 73.1. The van der Waals surface area contributed by atoms with Gasteiger partial charge < -0.3 is 33.8 Å². The topological polar surface area (TPSA) is 237 Å². The number of aliphatic hydroxyl groups is 1. The average molecular weight is 1500 g/mol. The van der Waals surface area contributed by atoms with Crippen LogP contribution in [0.25, 0.3) is 0 Å². The van der Waals surface area contributed by atoms with Crippen molar-refractivity contribution in [1.29, 1.82) is 0 Å². The summed E-state index contributed by atoms with van der Waals surface area (Å²) in [7, 11) is -9.97. The lowest BCUT2D eigenvalue weighted by Crippen LogP contribution is -2.30. The molecule has 0 fully saturated rings. The maximum absolute atomic E-state index is 13.1. The van der Waals surface area contributed by atoms with Crippen molar-refractivity contribution in [2.45, 2.75) is 367 Å². The number of phosphoric acid groups is 2. The molecule has 104 heavy (non-hydrogen) atoms. The molecule has 3 N–H and O–H groups in total. The standard InChI is InChI=1S/C85H148O17P2/c1-5-9-13-17-21-25-29-33-36-38-39-41-44-47-50-54-58-62-66-70-83(88)96-76-81(102-85(90)72-68-64-60-56-52-48-42-35-31-27-23-19-15-11-7-3)78-100-104(93,94)98-74-79(86)73-97-103(91,92)99-77-80(101-84(89)71-67-63-59-55-51-45-32-28-24-20-16-12-8-4)75-95-82(87)69-65-61-57-53-49-46-43-40-37-34-30-26-22-18-14-10-6-2/h10,14,21-22,25-26,33-37,39,41-43,46,53,57,79-81,86H,5-9,11-13,15-20,23-24,27-32,38,40,44-45,47-52,54-56,58-78H2,1-4H3,(H,91,92)(H,93,94)/b14-10-,25-21-,26-22-,36-33-,37-34-,41-39-,42-35-,46-43-,57-53-. The quantitative estimate of drug-likeness (QED) is 0.0169. The molecule has 0 aliphatic carbocycles. The zero-order valence-corrected chi connectivity index (χ0v) is 67.5. The Bertz CT molecular complexity index is 2390. The van der Waals surface area contributed by atoms with E-state index in [1.165, 1.54) is 109 Å². The number of allylic oxidation sites excluding steroid dienone is 18. The van der Waals surface area contributed by atoms with Crippen LogP contribution in [0.1, 0.15) is 349 Å². The number of esters is 4. The van der Waals surface area contributed by atoms with Gasteiger partial charge in [-0.2, -0.15) is 0 Å². The molecule has 5 atom stereocenters. The summed E-state index contributed by atoms with van der Waals surface area (Å²) < 4.78 is 68.6. The molecule has 17 nitrogen and oxygen atoms in total. The molecular formula is C85H148O17P2. The molecule has 0 aromatic heterocycles. The highest BCUT2D eigenvalue weighted by Gasteiger charge is 2.30. The second-order valence-corrected chi connectivity index (χ2v) is 30.2. The normalized spacial score (nSPS) is 14.4. The van der Waals surface area contributed by atoms with Crippen LogP contribution >= 0.6 is 15.6 Å². The van der Waals surface area contributed by atoms with Crippen LogP contribution in [0.3, 0.4) is 0 Å². The van der Waals surface area contributed by atoms with E-state index in [1.54, 1.807) is 0 Å². The number of rotatable bonds is 77. The minimum absolute atomic E-state index is 0.0811. The van der Waals surface area contributed by atoms with Crippen molar-refractivity contribution in [2.24, 2.45) is 0 Å². The summed E-state index contributed by atoms with van der Waals surface area (Å²) in [6, 6.07) is 0. The van der Waals surface area contributed by atoms with E-state index >= 15 is 0 Å². The summed E-state index contributed by atoms with van der Waals surface area (Å²) in [5.74, 6) is -2.25. The Hall–Kier alpha value is -4.28. The molecule has 0 bridgehead atoms. The molecule has 0 aromatic carbocycles. The van der Waals surface area contributed by atoms with Gasteiger partial charge in [-0.3, -0.25) is 37.3 Å². The first-order valence-electron chi connectivity index (χ1n) is 41.1. The molecule has 0 saturated heterocycles. The van der Waals surface area contributed by atoms with Gasteiger partial charge in [0, 0.05) is 25.7 Å². The maximum atomic E-state index is 13.1. The van der Waals surface area contributed by atoms with Crippen LogP contribution < -0.4 is 0 Å². The van der Waals surface area contributed by atoms with E-state index in [4.69, 9.17) is 37.0 Å². The van der Waals surface area contributed by atoms with E-state index in [9.17, 15) is 43.2 Å². The molecule has 0 aliphatic rings. The van der Waals surface area contributed by atoms with Crippen molar-refractivity contribution in [1.82, 2.24) is 0 Å². The highest BCUT2D eigenvalue weighted by Crippen LogP contribution is 2.45. The summed E-state index contributed by atoms with van der Waals surface area (Å²) in [6.07, 6.45) is 83.5. The predicted octanol–water partition coefficient (Wildman–Crippen LogP) is 24.1. The molecule has 0 aromatic rings. The summed E-state index contributed by atoms with van der Waals surface area (Å²) in [6.45, 7) is 4.69. The Morgan fingerprint density at radius 1 is 0.279 bits per heavy atom. The van der Waals surface area contributed by atoms with Crippen LogP contribution in [0.15, 0.2) is 109 Å². The van der Waals surface area contributed by atoms with Gasteiger partial charge >= 0.3 is 39.5 Å². The van der Waals surface area contributed by atoms with E-state index in [1.807, 2.05) is 12.2 Å². The lowest BCUT2D eigenvalue weighted by Gasteiger charge is -2.21. The highest BCUT2D eigenvalue weighted by molar-refractivity contribution is 7.47. The van der Waals surface area contributed by atoms with E-state index < -0.39 is 97.5 Å². The number of unbranched alkanes of at least 4 members (excludes halogenated alkanes) is 33. The van der Waals surface area contributed by atoms with Crippen LogP contribution in [-0.4, -0.2) is 96.7 Å². The number of ether oxygens (including phenoxy) is 4. The molecule has 5 unspecified atom stereocenters. The minimum atomic E-state index is -4.99. The lowest BCUT2D eigenvalue weighted by atomic mass is 10.0. The number of carbonyl (C=O) groups excluding carboxylic acids is 4. The zero-order chi connectivity index (χ0) is 76.0. The molecule has 0 spiro atoms. The van der Waals surface area contributed by atoms with Crippen molar-refractivity contribution >= 4 is 39.5 Å². The van der Waals surface area contributed by atoms with Crippen molar-refractivity contribution in [3.8, 4) is 0 Å². The van der Waals surface area contributed by atoms with E-state index in [0.717, 1.165) is 154 Å². The lowest BCUT2D eigenvalue weighted by molar-refractivity contribution is -0.161. The Morgan fingerprint density at radius 2 is 0.510 bits per heavy atom. The van der Waals surface area contributed by atoms with Crippen LogP contribution in [0.2, 0.25) is 0 Å². The van der Waals surface area contributed by atoms with Crippen LogP contribution in [0.5, 0.6) is 0 Å². The smallest absolute Gasteiger partial charge is 0.462 e. The van der Waals surface area contributed by atoms with Gasteiger partial charge in [0.15, 0.2) is 12.2 Å². The summed E-state index contributed by atoms with van der Waals surface area (Å²) in [5, 5.41) is 10.6. The largest absolute Gasteiger partial charge is 0.472 e. The second kappa shape index (κ2) is 76.9. The molecule has 0 radical (unpaired) electrons. The molecular weight excluding hydrogens is 1350 g/mol. The van der Waals surface area contributed by atoms with Gasteiger partial charge in [0.25, 0.3) is 0 Å². The number of hydrogen-bond acceptors (Lipinski definition) is 15. The first-order chi connectivity index (χ1) is 50.7. The van der Waals surface area contributed by atoms with Gasteiger partial charge in [-0.15, -0.1) is 0 Å². The summed E-state index contributed by atoms with van der Waals surface area (Å²) >= 11 is 0. The Morgan fingerprint density at radius 3 is 0.837 bits per heavy atom. The van der Waals surface area contributed by atoms with Crippen molar-refractivity contribution < 1.29 is 80.2 Å². The maximum Gasteiger partial charge on any atom is 0.472 e. The van der Waals surface area contributed by atoms with Crippen LogP contribution in [0.4, 0.5) is 0 Å². The number of hydrogen-bond donors (Lipinski definition) is 3. The second-order valence-electron chi connectivity index (χ2n) is 27.3. The fraction of sp³-hybridized carbons (Fsp3) is 0.741. The third-order valence-electron chi connectivity index (χ3n) is 17.2. The molecule has 0 amide bonds. The number of carbonyl (C=O) groups is 4. The van der Waals surface area contributed by atoms with Gasteiger partial charge in [-0.05, 0) is 128 Å². The highest BCUT2D eigenvalue weighted by atomic mass is 31.2. The number of phosphoric ester groups is 2. The van der Waals surface area contributed by atoms with Crippen LogP contribution in [-0.2, 0) is 65.4 Å². The molecule has 19 heteroatoms. The summed E-state index contributed by atoms with van der Waals surface area (Å²) in [5.41, 5.74) is 0. The molecule has 0 heterocycles. The van der Waals surface area contributed by atoms with Gasteiger partial charge in [-0.1, -0.05) is 304 Å². The Balaban J connectivity index is 5.39. The Kier molecular flexibility index (Phi) is 73.7.